The van der Waals surface area contributed by atoms with Crippen molar-refractivity contribution in [2.75, 3.05) is 27.2 Å². The number of amides is 1. The van der Waals surface area contributed by atoms with Crippen LogP contribution in [-0.2, 0) is 21.5 Å². The van der Waals surface area contributed by atoms with Gasteiger partial charge in [-0.05, 0) is 44.8 Å². The van der Waals surface area contributed by atoms with Crippen LogP contribution in [-0.4, -0.2) is 55.9 Å². The molecule has 0 saturated carbocycles. The number of carbonyl (C=O) groups is 1. The van der Waals surface area contributed by atoms with Crippen molar-refractivity contribution in [1.82, 2.24) is 9.80 Å². The predicted octanol–water partition coefficient (Wildman–Crippen LogP) is 1.40. The summed E-state index contributed by atoms with van der Waals surface area (Å²) >= 11 is 0. The highest BCUT2D eigenvalue weighted by Gasteiger charge is 2.18. The van der Waals surface area contributed by atoms with Gasteiger partial charge in [-0.15, -0.1) is 0 Å². The van der Waals surface area contributed by atoms with E-state index in [1.807, 2.05) is 19.0 Å². The largest absolute Gasteiger partial charge is 0.335 e. The molecule has 0 atom stereocenters. The second kappa shape index (κ2) is 8.07. The smallest absolute Gasteiger partial charge is 0.294 e. The Kier molecular flexibility index (Phi) is 6.73. The van der Waals surface area contributed by atoms with Crippen LogP contribution in [0.3, 0.4) is 0 Å². The third kappa shape index (κ3) is 5.59. The van der Waals surface area contributed by atoms with E-state index in [1.165, 1.54) is 23.1 Å². The van der Waals surface area contributed by atoms with Gasteiger partial charge in [-0.1, -0.05) is 24.8 Å². The summed E-state index contributed by atoms with van der Waals surface area (Å²) in [5, 5.41) is 0. The summed E-state index contributed by atoms with van der Waals surface area (Å²) < 4.78 is 32.1. The molecule has 1 aromatic rings. The van der Waals surface area contributed by atoms with Crippen LogP contribution in [0.25, 0.3) is 0 Å². The first-order chi connectivity index (χ1) is 10.3. The molecule has 1 rings (SSSR count). The Hall–Kier alpha value is -1.70. The summed E-state index contributed by atoms with van der Waals surface area (Å²) in [6.45, 7) is 4.86. The number of nitrogens with zero attached hydrogens (tertiary/aromatic N) is 2. The third-order valence-corrected chi connectivity index (χ3v) is 4.09. The standard InChI is InChI=1S/C15H22N2O4S/c1-4-15(18)17(11-7-10-16(2)3)12-13-8-5-6-9-14(13)22(19,20)21/h4-6,8-9H,1,7,10-12H2,2-3H3,(H,19,20,21). The predicted molar refractivity (Wildman–Crippen MR) is 85.0 cm³/mol. The molecule has 0 unspecified atom stereocenters. The highest BCUT2D eigenvalue weighted by Crippen LogP contribution is 2.17. The van der Waals surface area contributed by atoms with Crippen molar-refractivity contribution in [3.05, 3.63) is 42.5 Å². The molecular formula is C15H22N2O4S. The van der Waals surface area contributed by atoms with Gasteiger partial charge in [0.2, 0.25) is 5.91 Å². The maximum absolute atomic E-state index is 11.9. The highest BCUT2D eigenvalue weighted by atomic mass is 32.2. The first-order valence-corrected chi connectivity index (χ1v) is 8.31. The quantitative estimate of drug-likeness (QED) is 0.577. The van der Waals surface area contributed by atoms with E-state index in [4.69, 9.17) is 0 Å². The lowest BCUT2D eigenvalue weighted by Crippen LogP contribution is -2.32. The first kappa shape index (κ1) is 18.3. The molecule has 7 heteroatoms. The van der Waals surface area contributed by atoms with Crippen LogP contribution >= 0.6 is 0 Å². The molecule has 0 bridgehead atoms. The Labute approximate surface area is 131 Å². The fraction of sp³-hybridized carbons (Fsp3) is 0.400. The van der Waals surface area contributed by atoms with E-state index in [0.29, 0.717) is 12.1 Å². The fourth-order valence-electron chi connectivity index (χ4n) is 2.07. The van der Waals surface area contributed by atoms with E-state index in [1.54, 1.807) is 12.1 Å². The Morgan fingerprint density at radius 1 is 1.27 bits per heavy atom. The van der Waals surface area contributed by atoms with Crippen molar-refractivity contribution in [1.29, 1.82) is 0 Å². The normalized spacial score (nSPS) is 11.5. The zero-order chi connectivity index (χ0) is 16.8. The Bertz CT molecular complexity index is 626. The van der Waals surface area contributed by atoms with Gasteiger partial charge < -0.3 is 9.80 Å². The number of hydrogen-bond acceptors (Lipinski definition) is 4. The second-order valence-electron chi connectivity index (χ2n) is 5.20. The Balaban J connectivity index is 2.95. The highest BCUT2D eigenvalue weighted by molar-refractivity contribution is 7.85. The molecule has 0 spiro atoms. The number of benzene rings is 1. The van der Waals surface area contributed by atoms with Crippen molar-refractivity contribution in [2.45, 2.75) is 17.9 Å². The minimum Gasteiger partial charge on any atom is -0.335 e. The van der Waals surface area contributed by atoms with Crippen LogP contribution in [0.4, 0.5) is 0 Å². The number of rotatable bonds is 8. The molecule has 0 aromatic heterocycles. The summed E-state index contributed by atoms with van der Waals surface area (Å²) in [6, 6.07) is 6.10. The van der Waals surface area contributed by atoms with Crippen LogP contribution in [0.15, 0.2) is 41.8 Å². The van der Waals surface area contributed by atoms with E-state index < -0.39 is 10.1 Å². The topological polar surface area (TPSA) is 77.9 Å². The van der Waals surface area contributed by atoms with E-state index in [-0.39, 0.29) is 17.3 Å². The van der Waals surface area contributed by atoms with E-state index in [9.17, 15) is 17.8 Å². The molecule has 0 aliphatic rings. The van der Waals surface area contributed by atoms with Crippen molar-refractivity contribution in [2.24, 2.45) is 0 Å². The first-order valence-electron chi connectivity index (χ1n) is 6.87. The van der Waals surface area contributed by atoms with Crippen LogP contribution in [0.1, 0.15) is 12.0 Å². The van der Waals surface area contributed by atoms with E-state index in [0.717, 1.165) is 13.0 Å². The van der Waals surface area contributed by atoms with Crippen LogP contribution in [0.2, 0.25) is 0 Å². The van der Waals surface area contributed by atoms with Crippen LogP contribution < -0.4 is 0 Å². The van der Waals surface area contributed by atoms with Gasteiger partial charge in [0.25, 0.3) is 10.1 Å². The van der Waals surface area contributed by atoms with Gasteiger partial charge in [-0.2, -0.15) is 8.42 Å². The summed E-state index contributed by atoms with van der Waals surface area (Å²) in [5.41, 5.74) is 0.380. The molecule has 0 saturated heterocycles. The molecule has 1 aromatic carbocycles. The summed E-state index contributed by atoms with van der Waals surface area (Å²) in [5.74, 6) is -0.274. The van der Waals surface area contributed by atoms with Gasteiger partial charge in [0, 0.05) is 13.1 Å². The van der Waals surface area contributed by atoms with Gasteiger partial charge in [0.1, 0.15) is 0 Å². The lowest BCUT2D eigenvalue weighted by molar-refractivity contribution is -0.126. The van der Waals surface area contributed by atoms with E-state index >= 15 is 0 Å². The molecule has 6 nitrogen and oxygen atoms in total. The summed E-state index contributed by atoms with van der Waals surface area (Å²) in [6.07, 6.45) is 1.95. The van der Waals surface area contributed by atoms with Crippen LogP contribution in [0, 0.1) is 0 Å². The minimum absolute atomic E-state index is 0.105. The second-order valence-corrected chi connectivity index (χ2v) is 6.59. The molecule has 0 aliphatic heterocycles. The van der Waals surface area contributed by atoms with Gasteiger partial charge in [0.15, 0.2) is 0 Å². The average molecular weight is 326 g/mol. The van der Waals surface area contributed by atoms with E-state index in [2.05, 4.69) is 6.58 Å². The number of hydrogen-bond donors (Lipinski definition) is 1. The van der Waals surface area contributed by atoms with Crippen molar-refractivity contribution >= 4 is 16.0 Å². The monoisotopic (exact) mass is 326 g/mol. The van der Waals surface area contributed by atoms with Gasteiger partial charge in [0.05, 0.1) is 4.90 Å². The Morgan fingerprint density at radius 3 is 2.45 bits per heavy atom. The van der Waals surface area contributed by atoms with Crippen molar-refractivity contribution in [3.63, 3.8) is 0 Å². The molecule has 1 amide bonds. The third-order valence-electron chi connectivity index (χ3n) is 3.13. The summed E-state index contributed by atoms with van der Waals surface area (Å²) in [7, 11) is -0.442. The molecule has 22 heavy (non-hydrogen) atoms. The molecule has 0 fully saturated rings. The van der Waals surface area contributed by atoms with Gasteiger partial charge in [-0.3, -0.25) is 9.35 Å². The molecular weight excluding hydrogens is 304 g/mol. The van der Waals surface area contributed by atoms with Gasteiger partial charge in [-0.25, -0.2) is 0 Å². The molecule has 1 N–H and O–H groups in total. The zero-order valence-corrected chi connectivity index (χ0v) is 13.7. The van der Waals surface area contributed by atoms with Crippen molar-refractivity contribution < 1.29 is 17.8 Å². The van der Waals surface area contributed by atoms with Gasteiger partial charge >= 0.3 is 0 Å². The minimum atomic E-state index is -4.32. The maximum atomic E-state index is 11.9. The summed E-state index contributed by atoms with van der Waals surface area (Å²) in [4.78, 5) is 15.3. The average Bonchev–Trinajstić information content (AvgIpc) is 2.44. The zero-order valence-electron chi connectivity index (χ0n) is 12.9. The molecule has 122 valence electrons. The molecule has 0 aliphatic carbocycles. The SMILES string of the molecule is C=CC(=O)N(CCCN(C)C)Cc1ccccc1S(=O)(=O)O. The lowest BCUT2D eigenvalue weighted by atomic mass is 10.2. The fourth-order valence-corrected chi connectivity index (χ4v) is 2.78. The Morgan fingerprint density at radius 2 is 1.91 bits per heavy atom. The van der Waals surface area contributed by atoms with Crippen LogP contribution in [0.5, 0.6) is 0 Å². The maximum Gasteiger partial charge on any atom is 0.294 e. The lowest BCUT2D eigenvalue weighted by Gasteiger charge is -2.23. The number of carbonyl (C=O) groups excluding carboxylic acids is 1. The van der Waals surface area contributed by atoms with Crippen molar-refractivity contribution in [3.8, 4) is 0 Å². The molecule has 0 radical (unpaired) electrons. The molecule has 0 heterocycles.